The number of carbonyl (C=O) groups is 3. The van der Waals surface area contributed by atoms with Gasteiger partial charge < -0.3 is 14.6 Å². The first-order valence-electron chi connectivity index (χ1n) is 11.6. The van der Waals surface area contributed by atoms with Crippen LogP contribution in [0.2, 0.25) is 0 Å². The second-order valence-electron chi connectivity index (χ2n) is 9.98. The predicted molar refractivity (Wildman–Crippen MR) is 109 cm³/mol. The normalized spacial score (nSPS) is 40.0. The van der Waals surface area contributed by atoms with E-state index in [1.54, 1.807) is 0 Å². The Hall–Kier alpha value is -1.69. The van der Waals surface area contributed by atoms with E-state index >= 15 is 0 Å². The Kier molecular flexibility index (Phi) is 6.06. The van der Waals surface area contributed by atoms with Crippen molar-refractivity contribution in [3.8, 4) is 0 Å². The number of esters is 2. The highest BCUT2D eigenvalue weighted by Gasteiger charge is 2.60. The van der Waals surface area contributed by atoms with Gasteiger partial charge in [0, 0.05) is 11.8 Å². The molecule has 30 heavy (non-hydrogen) atoms. The van der Waals surface area contributed by atoms with Crippen molar-refractivity contribution >= 4 is 17.7 Å². The summed E-state index contributed by atoms with van der Waals surface area (Å²) in [4.78, 5) is 35.4. The number of carbonyl (C=O) groups excluding carboxylic acids is 3. The first-order valence-corrected chi connectivity index (χ1v) is 11.6. The maximum absolute atomic E-state index is 12.4. The number of aliphatic hydroxyl groups excluding tert-OH is 1. The maximum atomic E-state index is 12.4. The van der Waals surface area contributed by atoms with Crippen molar-refractivity contribution in [1.82, 2.24) is 0 Å². The fraction of sp³-hybridized carbons (Fsp3) is 0.792. The highest BCUT2D eigenvalue weighted by atomic mass is 16.6. The van der Waals surface area contributed by atoms with Crippen LogP contribution < -0.4 is 0 Å². The third-order valence-corrected chi connectivity index (χ3v) is 8.64. The van der Waals surface area contributed by atoms with Crippen molar-refractivity contribution in [3.05, 3.63) is 11.6 Å². The van der Waals surface area contributed by atoms with Crippen molar-refractivity contribution in [1.29, 1.82) is 0 Å². The van der Waals surface area contributed by atoms with Crippen molar-refractivity contribution in [2.75, 3.05) is 13.2 Å². The van der Waals surface area contributed by atoms with Crippen LogP contribution in [0.25, 0.3) is 0 Å². The van der Waals surface area contributed by atoms with Crippen molar-refractivity contribution < 1.29 is 29.0 Å². The van der Waals surface area contributed by atoms with Gasteiger partial charge in [-0.3, -0.25) is 4.79 Å². The number of hydrogen-bond donors (Lipinski definition) is 1. The Morgan fingerprint density at radius 2 is 1.97 bits per heavy atom. The third-order valence-electron chi connectivity index (χ3n) is 8.64. The molecule has 3 saturated carbocycles. The summed E-state index contributed by atoms with van der Waals surface area (Å²) in [6.45, 7) is 3.27. The van der Waals surface area contributed by atoms with E-state index in [1.807, 2.05) is 6.08 Å². The van der Waals surface area contributed by atoms with E-state index in [0.717, 1.165) is 44.9 Å². The lowest BCUT2D eigenvalue weighted by Gasteiger charge is -2.53. The first-order chi connectivity index (χ1) is 14.4. The number of ketones is 1. The average molecular weight is 419 g/mol. The standard InChI is InChI=1S/C24H34O6/c1-3-14-11-20-19-6-4-15-10-16(26)5-7-17(15)18(19)8-9-24(20,2)23(14)30-22(28)13-29-21(27)12-25/h10,14,17-20,23,25H,3-9,11-13H2,1-2H3/t14-,17-,18+,19+,20-,23-,24-/m0/s1. The molecule has 7 atom stereocenters. The summed E-state index contributed by atoms with van der Waals surface area (Å²) in [6, 6.07) is 0. The molecule has 4 aliphatic carbocycles. The Morgan fingerprint density at radius 1 is 1.17 bits per heavy atom. The van der Waals surface area contributed by atoms with Crippen LogP contribution in [0.4, 0.5) is 0 Å². The lowest BCUT2D eigenvalue weighted by molar-refractivity contribution is -0.172. The van der Waals surface area contributed by atoms with Gasteiger partial charge in [-0.05, 0) is 80.6 Å². The van der Waals surface area contributed by atoms with E-state index in [2.05, 4.69) is 13.8 Å². The number of fused-ring (bicyclic) bond motifs is 5. The fourth-order valence-corrected chi connectivity index (χ4v) is 7.29. The number of allylic oxidation sites excluding steroid dienone is 1. The summed E-state index contributed by atoms with van der Waals surface area (Å²) in [6.07, 6.45) is 9.81. The molecule has 4 aliphatic rings. The third kappa shape index (κ3) is 3.72. The maximum Gasteiger partial charge on any atom is 0.344 e. The van der Waals surface area contributed by atoms with Crippen LogP contribution in [-0.4, -0.2) is 42.1 Å². The van der Waals surface area contributed by atoms with Gasteiger partial charge in [-0.1, -0.05) is 19.4 Å². The molecule has 0 spiro atoms. The van der Waals surface area contributed by atoms with Gasteiger partial charge in [-0.25, -0.2) is 9.59 Å². The molecule has 0 aromatic carbocycles. The van der Waals surface area contributed by atoms with Gasteiger partial charge in [-0.15, -0.1) is 0 Å². The molecule has 0 amide bonds. The molecule has 6 heteroatoms. The van der Waals surface area contributed by atoms with Gasteiger partial charge in [0.1, 0.15) is 12.7 Å². The SMILES string of the molecule is CC[C@H]1C[C@H]2[C@@H]3CCC4=CC(=O)CC[C@@H]4[C@H]3CC[C@]2(C)[C@H]1OC(=O)COC(=O)CO. The van der Waals surface area contributed by atoms with Gasteiger partial charge in [0.15, 0.2) is 12.4 Å². The van der Waals surface area contributed by atoms with Gasteiger partial charge in [-0.2, -0.15) is 0 Å². The number of hydrogen-bond acceptors (Lipinski definition) is 6. The van der Waals surface area contributed by atoms with Crippen LogP contribution in [0.1, 0.15) is 65.2 Å². The quantitative estimate of drug-likeness (QED) is 0.690. The summed E-state index contributed by atoms with van der Waals surface area (Å²) in [7, 11) is 0. The fourth-order valence-electron chi connectivity index (χ4n) is 7.29. The Morgan fingerprint density at radius 3 is 2.70 bits per heavy atom. The molecule has 6 nitrogen and oxygen atoms in total. The molecule has 0 heterocycles. The predicted octanol–water partition coefficient (Wildman–Crippen LogP) is 3.21. The molecule has 3 fully saturated rings. The molecule has 0 unspecified atom stereocenters. The molecule has 0 aliphatic heterocycles. The van der Waals surface area contributed by atoms with Crippen LogP contribution in [0.3, 0.4) is 0 Å². The van der Waals surface area contributed by atoms with Crippen molar-refractivity contribution in [2.24, 2.45) is 35.0 Å². The molecule has 166 valence electrons. The molecular weight excluding hydrogens is 384 g/mol. The minimum Gasteiger partial charge on any atom is -0.459 e. The van der Waals surface area contributed by atoms with Crippen LogP contribution >= 0.6 is 0 Å². The summed E-state index contributed by atoms with van der Waals surface area (Å²) in [5.41, 5.74) is 1.33. The highest BCUT2D eigenvalue weighted by molar-refractivity contribution is 5.91. The topological polar surface area (TPSA) is 89.9 Å². The van der Waals surface area contributed by atoms with Gasteiger partial charge in [0.2, 0.25) is 0 Å². The Balaban J connectivity index is 1.49. The minimum absolute atomic E-state index is 0.0514. The molecule has 0 bridgehead atoms. The number of aliphatic hydroxyl groups is 1. The monoisotopic (exact) mass is 418 g/mol. The van der Waals surface area contributed by atoms with E-state index in [0.29, 0.717) is 41.8 Å². The lowest BCUT2D eigenvalue weighted by atomic mass is 9.52. The minimum atomic E-state index is -0.813. The van der Waals surface area contributed by atoms with Crippen LogP contribution in [0, 0.1) is 35.0 Å². The van der Waals surface area contributed by atoms with E-state index < -0.39 is 25.2 Å². The zero-order chi connectivity index (χ0) is 21.5. The molecular formula is C24H34O6. The van der Waals surface area contributed by atoms with Crippen LogP contribution in [-0.2, 0) is 23.9 Å². The lowest BCUT2D eigenvalue weighted by Crippen LogP contribution is -2.49. The molecule has 0 saturated heterocycles. The smallest absolute Gasteiger partial charge is 0.344 e. The number of rotatable bonds is 5. The summed E-state index contributed by atoms with van der Waals surface area (Å²) in [5.74, 6) is 1.64. The second-order valence-corrected chi connectivity index (χ2v) is 9.98. The molecule has 0 aromatic heterocycles. The van der Waals surface area contributed by atoms with Crippen LogP contribution in [0.5, 0.6) is 0 Å². The highest BCUT2D eigenvalue weighted by Crippen LogP contribution is 2.64. The van der Waals surface area contributed by atoms with Crippen molar-refractivity contribution in [2.45, 2.75) is 71.3 Å². The average Bonchev–Trinajstić information content (AvgIpc) is 3.03. The molecule has 0 radical (unpaired) electrons. The zero-order valence-electron chi connectivity index (χ0n) is 18.1. The van der Waals surface area contributed by atoms with E-state index in [4.69, 9.17) is 14.6 Å². The summed E-state index contributed by atoms with van der Waals surface area (Å²) >= 11 is 0. The molecule has 1 N–H and O–H groups in total. The van der Waals surface area contributed by atoms with E-state index in [-0.39, 0.29) is 11.5 Å². The van der Waals surface area contributed by atoms with Crippen molar-refractivity contribution in [3.63, 3.8) is 0 Å². The first kappa shape index (κ1) is 21.5. The van der Waals surface area contributed by atoms with Gasteiger partial charge >= 0.3 is 11.9 Å². The van der Waals surface area contributed by atoms with Gasteiger partial charge in [0.05, 0.1) is 0 Å². The second kappa shape index (κ2) is 8.45. The van der Waals surface area contributed by atoms with E-state index in [9.17, 15) is 14.4 Å². The molecule has 0 aromatic rings. The van der Waals surface area contributed by atoms with Crippen LogP contribution in [0.15, 0.2) is 11.6 Å². The van der Waals surface area contributed by atoms with Gasteiger partial charge in [0.25, 0.3) is 0 Å². The van der Waals surface area contributed by atoms with E-state index in [1.165, 1.54) is 5.57 Å². The number of ether oxygens (including phenoxy) is 2. The Labute approximate surface area is 178 Å². The zero-order valence-corrected chi connectivity index (χ0v) is 18.1. The summed E-state index contributed by atoms with van der Waals surface area (Å²) in [5, 5.41) is 8.77. The molecule has 4 rings (SSSR count). The largest absolute Gasteiger partial charge is 0.459 e. The Bertz CT molecular complexity index is 742. The summed E-state index contributed by atoms with van der Waals surface area (Å²) < 4.78 is 10.7.